The highest BCUT2D eigenvalue weighted by Crippen LogP contribution is 2.49. The predicted molar refractivity (Wildman–Crippen MR) is 112 cm³/mol. The van der Waals surface area contributed by atoms with Gasteiger partial charge in [-0.25, -0.2) is 0 Å². The molecule has 0 aromatic heterocycles. The van der Waals surface area contributed by atoms with Gasteiger partial charge in [0.05, 0.1) is 18.9 Å². The maximum Gasteiger partial charge on any atom is 0.318 e. The van der Waals surface area contributed by atoms with Crippen LogP contribution in [0.2, 0.25) is 0 Å². The fourth-order valence-corrected chi connectivity index (χ4v) is 5.27. The molecular weight excluding hydrogens is 378 g/mol. The lowest BCUT2D eigenvalue weighted by Crippen LogP contribution is -2.45. The molecule has 0 amide bonds. The highest BCUT2D eigenvalue weighted by molar-refractivity contribution is 5.98. The quantitative estimate of drug-likeness (QED) is 0.444. The molecule has 2 saturated heterocycles. The molecule has 5 heteroatoms. The van der Waals surface area contributed by atoms with E-state index in [0.717, 1.165) is 37.4 Å². The van der Waals surface area contributed by atoms with E-state index < -0.39 is 11.8 Å². The Balaban J connectivity index is 1.44. The number of piperidine rings is 1. The lowest BCUT2D eigenvalue weighted by atomic mass is 9.64. The van der Waals surface area contributed by atoms with Gasteiger partial charge in [-0.3, -0.25) is 14.5 Å². The number of carbonyl (C=O) groups excluding carboxylic acids is 2. The van der Waals surface area contributed by atoms with Crippen molar-refractivity contribution in [2.45, 2.75) is 18.9 Å². The second-order valence-corrected chi connectivity index (χ2v) is 8.41. The van der Waals surface area contributed by atoms with E-state index in [1.807, 2.05) is 42.5 Å². The Kier molecular flexibility index (Phi) is 4.91. The highest BCUT2D eigenvalue weighted by atomic mass is 16.6. The summed E-state index contributed by atoms with van der Waals surface area (Å²) in [6.07, 6.45) is 3.14. The number of allylic oxidation sites excluding steroid dienone is 1. The number of nitrogens with zero attached hydrogens (tertiary/aromatic N) is 1. The minimum absolute atomic E-state index is 0.0425. The SMILES string of the molecule is COc1ccc(C2C=C3CCN(Cc4ccccc4)CC3C3C(=O)OC(=O)C23)cc1. The van der Waals surface area contributed by atoms with Crippen LogP contribution in [-0.2, 0) is 20.9 Å². The molecular formula is C25H25NO4. The average Bonchev–Trinajstić information content (AvgIpc) is 3.08. The van der Waals surface area contributed by atoms with Gasteiger partial charge in [-0.2, -0.15) is 0 Å². The number of ether oxygens (including phenoxy) is 2. The Morgan fingerprint density at radius 2 is 1.73 bits per heavy atom. The molecule has 5 rings (SSSR count). The molecule has 2 aliphatic heterocycles. The Hall–Kier alpha value is -2.92. The van der Waals surface area contributed by atoms with Crippen molar-refractivity contribution in [2.75, 3.05) is 20.2 Å². The van der Waals surface area contributed by atoms with Crippen molar-refractivity contribution >= 4 is 11.9 Å². The van der Waals surface area contributed by atoms with E-state index >= 15 is 0 Å². The summed E-state index contributed by atoms with van der Waals surface area (Å²) in [4.78, 5) is 27.8. The molecule has 4 atom stereocenters. The van der Waals surface area contributed by atoms with Crippen molar-refractivity contribution < 1.29 is 19.1 Å². The maximum atomic E-state index is 12.7. The Morgan fingerprint density at radius 1 is 1.00 bits per heavy atom. The van der Waals surface area contributed by atoms with Crippen molar-refractivity contribution in [1.82, 2.24) is 4.90 Å². The zero-order valence-corrected chi connectivity index (χ0v) is 17.0. The summed E-state index contributed by atoms with van der Waals surface area (Å²) in [5, 5.41) is 0. The predicted octanol–water partition coefficient (Wildman–Crippen LogP) is 3.56. The van der Waals surface area contributed by atoms with Gasteiger partial charge in [0.15, 0.2) is 0 Å². The normalized spacial score (nSPS) is 28.4. The lowest BCUT2D eigenvalue weighted by molar-refractivity contribution is -0.154. The van der Waals surface area contributed by atoms with Gasteiger partial charge in [-0.15, -0.1) is 0 Å². The average molecular weight is 403 g/mol. The van der Waals surface area contributed by atoms with Crippen LogP contribution in [0.5, 0.6) is 5.75 Å². The molecule has 0 radical (unpaired) electrons. The maximum absolute atomic E-state index is 12.7. The van der Waals surface area contributed by atoms with Crippen molar-refractivity contribution in [1.29, 1.82) is 0 Å². The second kappa shape index (κ2) is 7.73. The van der Waals surface area contributed by atoms with Crippen LogP contribution in [0.1, 0.15) is 23.5 Å². The number of fused-ring (bicyclic) bond motifs is 3. The summed E-state index contributed by atoms with van der Waals surface area (Å²) in [7, 11) is 1.63. The Labute approximate surface area is 176 Å². The standard InChI is InChI=1S/C25H25NO4/c1-29-19-9-7-17(8-10-19)20-13-18-11-12-26(14-16-5-3-2-4-6-16)15-21(18)23-22(20)24(27)30-25(23)28/h2-10,13,20-23H,11-12,14-15H2,1H3. The first kappa shape index (κ1) is 19.1. The topological polar surface area (TPSA) is 55.8 Å². The number of cyclic esters (lactones) is 2. The summed E-state index contributed by atoms with van der Waals surface area (Å²) >= 11 is 0. The van der Waals surface area contributed by atoms with Gasteiger partial charge in [0.25, 0.3) is 0 Å². The van der Waals surface area contributed by atoms with Crippen LogP contribution in [0.25, 0.3) is 0 Å². The van der Waals surface area contributed by atoms with Crippen molar-refractivity contribution in [2.24, 2.45) is 17.8 Å². The molecule has 154 valence electrons. The molecule has 4 unspecified atom stereocenters. The molecule has 5 nitrogen and oxygen atoms in total. The fraction of sp³-hybridized carbons (Fsp3) is 0.360. The number of hydrogen-bond donors (Lipinski definition) is 0. The van der Waals surface area contributed by atoms with Crippen molar-refractivity contribution in [3.63, 3.8) is 0 Å². The summed E-state index contributed by atoms with van der Waals surface area (Å²) in [6.45, 7) is 2.58. The summed E-state index contributed by atoms with van der Waals surface area (Å²) in [5.74, 6) is -0.912. The second-order valence-electron chi connectivity index (χ2n) is 8.41. The van der Waals surface area contributed by atoms with Gasteiger partial charge < -0.3 is 9.47 Å². The molecule has 0 spiro atoms. The van der Waals surface area contributed by atoms with Crippen molar-refractivity contribution in [3.8, 4) is 5.75 Å². The third kappa shape index (κ3) is 3.33. The van der Waals surface area contributed by atoms with E-state index in [4.69, 9.17) is 9.47 Å². The molecule has 2 fully saturated rings. The van der Waals surface area contributed by atoms with Crippen molar-refractivity contribution in [3.05, 3.63) is 77.4 Å². The molecule has 0 bridgehead atoms. The third-order valence-electron chi connectivity index (χ3n) is 6.74. The molecule has 2 heterocycles. The smallest absolute Gasteiger partial charge is 0.318 e. The Morgan fingerprint density at radius 3 is 2.47 bits per heavy atom. The molecule has 2 aromatic carbocycles. The summed E-state index contributed by atoms with van der Waals surface area (Å²) in [6, 6.07) is 18.1. The number of likely N-dealkylation sites (tertiary alicyclic amines) is 1. The molecule has 0 saturated carbocycles. The zero-order chi connectivity index (χ0) is 20.7. The first-order valence-electron chi connectivity index (χ1n) is 10.5. The van der Waals surface area contributed by atoms with E-state index in [2.05, 4.69) is 23.1 Å². The van der Waals surface area contributed by atoms with Crippen LogP contribution in [0, 0.1) is 17.8 Å². The third-order valence-corrected chi connectivity index (χ3v) is 6.74. The van der Waals surface area contributed by atoms with Gasteiger partial charge in [-0.1, -0.05) is 54.1 Å². The van der Waals surface area contributed by atoms with E-state index in [1.54, 1.807) is 7.11 Å². The van der Waals surface area contributed by atoms with E-state index in [-0.39, 0.29) is 23.8 Å². The van der Waals surface area contributed by atoms with E-state index in [1.165, 1.54) is 11.1 Å². The van der Waals surface area contributed by atoms with Gasteiger partial charge in [0, 0.05) is 31.5 Å². The summed E-state index contributed by atoms with van der Waals surface area (Å²) < 4.78 is 10.4. The first-order valence-corrected chi connectivity index (χ1v) is 10.5. The molecule has 0 N–H and O–H groups in total. The fourth-order valence-electron chi connectivity index (χ4n) is 5.27. The number of esters is 2. The molecule has 1 aliphatic carbocycles. The van der Waals surface area contributed by atoms with Gasteiger partial charge in [0.1, 0.15) is 5.75 Å². The number of carbonyl (C=O) groups is 2. The van der Waals surface area contributed by atoms with Crippen LogP contribution >= 0.6 is 0 Å². The minimum atomic E-state index is -0.448. The number of benzene rings is 2. The Bertz CT molecular complexity index is 982. The zero-order valence-electron chi connectivity index (χ0n) is 17.0. The molecule has 2 aromatic rings. The lowest BCUT2D eigenvalue weighted by Gasteiger charge is -2.42. The highest BCUT2D eigenvalue weighted by Gasteiger charge is 2.55. The van der Waals surface area contributed by atoms with Crippen LogP contribution in [0.4, 0.5) is 0 Å². The van der Waals surface area contributed by atoms with Gasteiger partial charge >= 0.3 is 11.9 Å². The van der Waals surface area contributed by atoms with Crippen LogP contribution in [0.15, 0.2) is 66.2 Å². The molecule has 3 aliphatic rings. The van der Waals surface area contributed by atoms with Gasteiger partial charge in [0.2, 0.25) is 0 Å². The van der Waals surface area contributed by atoms with Crippen LogP contribution in [0.3, 0.4) is 0 Å². The number of methoxy groups -OCH3 is 1. The number of rotatable bonds is 4. The monoisotopic (exact) mass is 403 g/mol. The first-order chi connectivity index (χ1) is 14.6. The van der Waals surface area contributed by atoms with E-state index in [0.29, 0.717) is 0 Å². The van der Waals surface area contributed by atoms with Crippen LogP contribution < -0.4 is 4.74 Å². The minimum Gasteiger partial charge on any atom is -0.497 e. The number of hydrogen-bond acceptors (Lipinski definition) is 5. The summed E-state index contributed by atoms with van der Waals surface area (Å²) in [5.41, 5.74) is 3.57. The largest absolute Gasteiger partial charge is 0.497 e. The molecule has 30 heavy (non-hydrogen) atoms. The van der Waals surface area contributed by atoms with Gasteiger partial charge in [-0.05, 0) is 29.7 Å². The van der Waals surface area contributed by atoms with Crippen LogP contribution in [-0.4, -0.2) is 37.0 Å². The van der Waals surface area contributed by atoms with E-state index in [9.17, 15) is 9.59 Å².